The summed E-state index contributed by atoms with van der Waals surface area (Å²) in [5, 5.41) is 11.8. The van der Waals surface area contributed by atoms with Crippen molar-refractivity contribution in [2.24, 2.45) is 0 Å². The van der Waals surface area contributed by atoms with Gasteiger partial charge in [0.2, 0.25) is 0 Å². The van der Waals surface area contributed by atoms with Gasteiger partial charge in [0.05, 0.1) is 5.69 Å². The van der Waals surface area contributed by atoms with Gasteiger partial charge in [-0.2, -0.15) is 5.26 Å². The smallest absolute Gasteiger partial charge is 0.181 e. The molecule has 6 heteroatoms. The number of thiocyanates is 1. The van der Waals surface area contributed by atoms with Crippen molar-refractivity contribution in [2.75, 3.05) is 5.73 Å². The van der Waals surface area contributed by atoms with E-state index in [1.54, 1.807) is 12.1 Å². The fraction of sp³-hybridized carbons (Fsp3) is 0. The first-order valence-electron chi connectivity index (χ1n) is 4.29. The summed E-state index contributed by atoms with van der Waals surface area (Å²) in [6.45, 7) is 0. The van der Waals surface area contributed by atoms with Gasteiger partial charge in [0.1, 0.15) is 9.61 Å². The number of anilines is 1. The lowest BCUT2D eigenvalue weighted by atomic mass is 10.2. The van der Waals surface area contributed by atoms with Gasteiger partial charge in [0.15, 0.2) is 5.13 Å². The number of thioether (sulfide) groups is 1. The van der Waals surface area contributed by atoms with Gasteiger partial charge in [0.25, 0.3) is 0 Å². The van der Waals surface area contributed by atoms with E-state index in [4.69, 9.17) is 22.6 Å². The van der Waals surface area contributed by atoms with Crippen LogP contribution in [0, 0.1) is 10.7 Å². The van der Waals surface area contributed by atoms with E-state index in [1.807, 2.05) is 17.5 Å². The van der Waals surface area contributed by atoms with Crippen molar-refractivity contribution in [1.82, 2.24) is 4.98 Å². The monoisotopic (exact) mass is 267 g/mol. The van der Waals surface area contributed by atoms with Crippen LogP contribution in [0.1, 0.15) is 0 Å². The lowest BCUT2D eigenvalue weighted by Crippen LogP contribution is -1.83. The summed E-state index contributed by atoms with van der Waals surface area (Å²) in [4.78, 5) is 4.21. The molecule has 16 heavy (non-hydrogen) atoms. The van der Waals surface area contributed by atoms with Crippen molar-refractivity contribution >= 4 is 39.8 Å². The summed E-state index contributed by atoms with van der Waals surface area (Å²) >= 11 is 8.19. The fourth-order valence-electron chi connectivity index (χ4n) is 1.22. The van der Waals surface area contributed by atoms with Gasteiger partial charge in [-0.05, 0) is 12.1 Å². The van der Waals surface area contributed by atoms with Gasteiger partial charge in [-0.3, -0.25) is 0 Å². The molecule has 3 nitrogen and oxygen atoms in total. The first kappa shape index (κ1) is 11.3. The van der Waals surface area contributed by atoms with Gasteiger partial charge < -0.3 is 5.73 Å². The fourth-order valence-corrected chi connectivity index (χ4v) is 2.81. The highest BCUT2D eigenvalue weighted by atomic mass is 35.5. The Balaban J connectivity index is 2.47. The number of rotatable bonds is 2. The minimum atomic E-state index is 0.461. The number of hydrogen-bond acceptors (Lipinski definition) is 5. The van der Waals surface area contributed by atoms with Gasteiger partial charge in [0, 0.05) is 22.3 Å². The highest BCUT2D eigenvalue weighted by Crippen LogP contribution is 2.37. The summed E-state index contributed by atoms with van der Waals surface area (Å²) in [5.41, 5.74) is 7.29. The molecule has 0 saturated carbocycles. The minimum absolute atomic E-state index is 0.461. The Hall–Kier alpha value is -1.22. The summed E-state index contributed by atoms with van der Waals surface area (Å²) in [7, 11) is 0. The molecule has 1 aromatic carbocycles. The Morgan fingerprint density at radius 3 is 2.69 bits per heavy atom. The number of thiazole rings is 1. The quantitative estimate of drug-likeness (QED) is 0.667. The Labute approximate surface area is 106 Å². The van der Waals surface area contributed by atoms with E-state index in [0.29, 0.717) is 10.2 Å². The van der Waals surface area contributed by atoms with Gasteiger partial charge in [-0.1, -0.05) is 35.1 Å². The van der Waals surface area contributed by atoms with Crippen LogP contribution < -0.4 is 5.73 Å². The predicted octanol–water partition coefficient (Wildman–Crippen LogP) is 3.62. The molecule has 2 rings (SSSR count). The van der Waals surface area contributed by atoms with Crippen LogP contribution >= 0.6 is 34.7 Å². The third-order valence-electron chi connectivity index (χ3n) is 1.87. The molecule has 0 spiro atoms. The molecule has 2 N–H and O–H groups in total. The second-order valence-corrected chi connectivity index (χ2v) is 5.41. The number of aromatic nitrogens is 1. The summed E-state index contributed by atoms with van der Waals surface area (Å²) in [5.74, 6) is 0. The Kier molecular flexibility index (Phi) is 3.34. The molecule has 0 bridgehead atoms. The van der Waals surface area contributed by atoms with E-state index in [2.05, 4.69) is 4.98 Å². The number of nitrogen functional groups attached to an aromatic ring is 1. The predicted molar refractivity (Wildman–Crippen MR) is 68.4 cm³/mol. The van der Waals surface area contributed by atoms with E-state index >= 15 is 0 Å². The highest BCUT2D eigenvalue weighted by molar-refractivity contribution is 8.05. The van der Waals surface area contributed by atoms with Gasteiger partial charge in [-0.15, -0.1) is 0 Å². The van der Waals surface area contributed by atoms with Crippen LogP contribution in [-0.4, -0.2) is 4.98 Å². The lowest BCUT2D eigenvalue weighted by Gasteiger charge is -1.98. The molecule has 0 fully saturated rings. The topological polar surface area (TPSA) is 62.7 Å². The summed E-state index contributed by atoms with van der Waals surface area (Å²) in [6.07, 6.45) is 0. The van der Waals surface area contributed by atoms with Crippen LogP contribution in [0.4, 0.5) is 5.13 Å². The van der Waals surface area contributed by atoms with Crippen molar-refractivity contribution in [3.8, 4) is 16.7 Å². The second kappa shape index (κ2) is 4.74. The molecule has 2 aromatic rings. The average molecular weight is 268 g/mol. The molecule has 0 atom stereocenters. The van der Waals surface area contributed by atoms with Crippen molar-refractivity contribution in [1.29, 1.82) is 5.26 Å². The first-order valence-corrected chi connectivity index (χ1v) is 6.30. The maximum Gasteiger partial charge on any atom is 0.181 e. The van der Waals surface area contributed by atoms with E-state index in [9.17, 15) is 0 Å². The van der Waals surface area contributed by atoms with Crippen LogP contribution in [0.5, 0.6) is 0 Å². The van der Waals surface area contributed by atoms with Crippen LogP contribution in [0.15, 0.2) is 28.5 Å². The molecule has 0 saturated heterocycles. The molecule has 0 aliphatic carbocycles. The first-order chi connectivity index (χ1) is 7.70. The normalized spacial score (nSPS) is 10.0. The van der Waals surface area contributed by atoms with E-state index < -0.39 is 0 Å². The van der Waals surface area contributed by atoms with Crippen molar-refractivity contribution < 1.29 is 0 Å². The van der Waals surface area contributed by atoms with E-state index in [-0.39, 0.29) is 0 Å². The molecule has 0 amide bonds. The SMILES string of the molecule is N#CSc1sc(N)nc1-c1ccc(Cl)cc1. The third-order valence-corrected chi connectivity index (χ3v) is 3.77. The molecular formula is C10H6ClN3S2. The van der Waals surface area contributed by atoms with Crippen molar-refractivity contribution in [3.63, 3.8) is 0 Å². The van der Waals surface area contributed by atoms with Crippen LogP contribution in [0.2, 0.25) is 5.02 Å². The number of halogens is 1. The van der Waals surface area contributed by atoms with Crippen LogP contribution in [0.3, 0.4) is 0 Å². The zero-order valence-corrected chi connectivity index (χ0v) is 10.4. The number of hydrogen-bond donors (Lipinski definition) is 1. The molecule has 0 aliphatic heterocycles. The molecule has 80 valence electrons. The molecule has 0 radical (unpaired) electrons. The largest absolute Gasteiger partial charge is 0.375 e. The zero-order chi connectivity index (χ0) is 11.5. The number of nitriles is 1. The van der Waals surface area contributed by atoms with E-state index in [0.717, 1.165) is 27.2 Å². The standard InChI is InChI=1S/C10H6ClN3S2/c11-7-3-1-6(2-4-7)8-9(15-5-12)16-10(13)14-8/h1-4H,(H2,13,14). The maximum atomic E-state index is 8.67. The van der Waals surface area contributed by atoms with E-state index in [1.165, 1.54) is 11.3 Å². The van der Waals surface area contributed by atoms with Crippen molar-refractivity contribution in [3.05, 3.63) is 29.3 Å². The molecule has 0 unspecified atom stereocenters. The zero-order valence-electron chi connectivity index (χ0n) is 7.98. The maximum absolute atomic E-state index is 8.67. The Morgan fingerprint density at radius 1 is 1.38 bits per heavy atom. The van der Waals surface area contributed by atoms with Crippen LogP contribution in [0.25, 0.3) is 11.3 Å². The Bertz CT molecular complexity index is 542. The molecule has 1 aromatic heterocycles. The van der Waals surface area contributed by atoms with Gasteiger partial charge >= 0.3 is 0 Å². The third kappa shape index (κ3) is 2.30. The molecule has 0 aliphatic rings. The average Bonchev–Trinajstić information content (AvgIpc) is 2.61. The van der Waals surface area contributed by atoms with Crippen molar-refractivity contribution in [2.45, 2.75) is 4.21 Å². The van der Waals surface area contributed by atoms with Crippen LogP contribution in [-0.2, 0) is 0 Å². The number of nitrogens with two attached hydrogens (primary N) is 1. The summed E-state index contributed by atoms with van der Waals surface area (Å²) in [6, 6.07) is 7.29. The minimum Gasteiger partial charge on any atom is -0.375 e. The number of benzene rings is 1. The second-order valence-electron chi connectivity index (χ2n) is 2.89. The summed E-state index contributed by atoms with van der Waals surface area (Å²) < 4.78 is 0.808. The molecular weight excluding hydrogens is 262 g/mol. The number of nitrogens with zero attached hydrogens (tertiary/aromatic N) is 2. The lowest BCUT2D eigenvalue weighted by molar-refractivity contribution is 1.37. The Morgan fingerprint density at radius 2 is 2.06 bits per heavy atom. The molecule has 1 heterocycles. The van der Waals surface area contributed by atoms with Gasteiger partial charge in [-0.25, -0.2) is 4.98 Å². The highest BCUT2D eigenvalue weighted by Gasteiger charge is 2.12.